The van der Waals surface area contributed by atoms with Crippen LogP contribution in [0.15, 0.2) is 67.2 Å². The van der Waals surface area contributed by atoms with Gasteiger partial charge < -0.3 is 47.6 Å². The summed E-state index contributed by atoms with van der Waals surface area (Å²) in [5.41, 5.74) is 3.09. The normalized spacial score (nSPS) is 20.4. The van der Waals surface area contributed by atoms with Crippen LogP contribution in [0.4, 0.5) is 0 Å². The molecule has 4 aromatic heterocycles. The molecular formula is C75H108BClN8O18. The van der Waals surface area contributed by atoms with Crippen molar-refractivity contribution < 1.29 is 85.9 Å². The first kappa shape index (κ1) is 87.2. The van der Waals surface area contributed by atoms with Gasteiger partial charge in [-0.25, -0.2) is 39.9 Å². The number of hydrogen-bond donors (Lipinski definition) is 1. The van der Waals surface area contributed by atoms with Crippen molar-refractivity contribution in [3.63, 3.8) is 0 Å². The number of aromatic nitrogens is 8. The van der Waals surface area contributed by atoms with Crippen LogP contribution >= 0.6 is 11.6 Å². The van der Waals surface area contributed by atoms with Crippen LogP contribution < -0.4 is 0 Å². The van der Waals surface area contributed by atoms with Crippen LogP contribution in [0, 0.1) is 23.7 Å². The predicted molar refractivity (Wildman–Crippen MR) is 384 cm³/mol. The third-order valence-electron chi connectivity index (χ3n) is 17.6. The third-order valence-corrected chi connectivity index (χ3v) is 17.8. The lowest BCUT2D eigenvalue weighted by Crippen LogP contribution is -2.41. The summed E-state index contributed by atoms with van der Waals surface area (Å²) in [4.78, 5) is 125. The molecule has 0 aromatic carbocycles. The number of carbonyl (C=O) groups excluding carboxylic acids is 7. The van der Waals surface area contributed by atoms with E-state index in [1.165, 1.54) is 40.8 Å². The predicted octanol–water partition coefficient (Wildman–Crippen LogP) is 12.2. The summed E-state index contributed by atoms with van der Waals surface area (Å²) in [7, 11) is 5.11. The smallest absolute Gasteiger partial charge is 0.481 e. The monoisotopic (exact) mass is 1450 g/mol. The number of aliphatic carboxylic acids is 1. The Kier molecular flexibility index (Phi) is 34.0. The van der Waals surface area contributed by atoms with Gasteiger partial charge in [-0.2, -0.15) is 0 Å². The van der Waals surface area contributed by atoms with Gasteiger partial charge in [-0.3, -0.25) is 38.4 Å². The van der Waals surface area contributed by atoms with Gasteiger partial charge in [0.15, 0.2) is 5.82 Å². The summed E-state index contributed by atoms with van der Waals surface area (Å²) in [5.74, 6) is -0.0802. The largest absolute Gasteiger partial charge is 0.490 e. The average molecular weight is 1460 g/mol. The minimum absolute atomic E-state index is 0. The van der Waals surface area contributed by atoms with E-state index >= 15 is 0 Å². The zero-order chi connectivity index (χ0) is 75.8. The van der Waals surface area contributed by atoms with Gasteiger partial charge in [0, 0.05) is 61.4 Å². The number of rotatable bonds is 16. The van der Waals surface area contributed by atoms with E-state index in [0.29, 0.717) is 42.6 Å². The molecule has 2 atom stereocenters. The quantitative estimate of drug-likeness (QED) is 0.0471. The van der Waals surface area contributed by atoms with Crippen LogP contribution in [0.5, 0.6) is 0 Å². The van der Waals surface area contributed by atoms with Gasteiger partial charge in [0.05, 0.1) is 89.0 Å². The number of carbonyl (C=O) groups is 8. The van der Waals surface area contributed by atoms with Crippen LogP contribution in [-0.4, -0.2) is 156 Å². The van der Waals surface area contributed by atoms with Gasteiger partial charge in [-0.05, 0) is 225 Å². The molecule has 0 spiro atoms. The Balaban J connectivity index is 0.000000276. The maximum Gasteiger partial charge on any atom is 0.490 e. The van der Waals surface area contributed by atoms with Crippen molar-refractivity contribution in [3.8, 4) is 0 Å². The fourth-order valence-electron chi connectivity index (χ4n) is 11.2. The first-order valence-electron chi connectivity index (χ1n) is 34.6. The van der Waals surface area contributed by atoms with E-state index in [1.54, 1.807) is 37.2 Å². The third kappa shape index (κ3) is 30.2. The second-order valence-electron chi connectivity index (χ2n) is 29.8. The molecule has 2 saturated carbocycles. The minimum Gasteiger partial charge on any atom is -0.481 e. The molecule has 3 fully saturated rings. The molecule has 0 amide bonds. The van der Waals surface area contributed by atoms with Crippen molar-refractivity contribution in [1.82, 2.24) is 39.9 Å². The molecule has 2 unspecified atom stereocenters. The van der Waals surface area contributed by atoms with Crippen LogP contribution in [0.1, 0.15) is 239 Å². The van der Waals surface area contributed by atoms with Crippen LogP contribution in [0.2, 0.25) is 5.28 Å². The highest BCUT2D eigenvalue weighted by atomic mass is 35.5. The van der Waals surface area contributed by atoms with E-state index in [4.69, 9.17) is 40.2 Å². The molecule has 0 bridgehead atoms. The topological polar surface area (TPSA) is 343 Å². The minimum atomic E-state index is -0.710. The van der Waals surface area contributed by atoms with E-state index < -0.39 is 22.8 Å². The van der Waals surface area contributed by atoms with E-state index in [-0.39, 0.29) is 134 Å². The molecule has 28 heteroatoms. The molecular weight excluding hydrogens is 1350 g/mol. The Morgan fingerprint density at radius 2 is 0.767 bits per heavy atom. The van der Waals surface area contributed by atoms with Crippen molar-refractivity contribution in [3.05, 3.63) is 112 Å². The molecule has 566 valence electrons. The molecule has 26 nitrogen and oxygen atoms in total. The summed E-state index contributed by atoms with van der Waals surface area (Å²) >= 11 is 5.44. The van der Waals surface area contributed by atoms with Crippen LogP contribution in [0.3, 0.4) is 0 Å². The van der Waals surface area contributed by atoms with E-state index in [2.05, 4.69) is 92.6 Å². The molecule has 0 radical (unpaired) electrons. The van der Waals surface area contributed by atoms with Crippen LogP contribution in [-0.2, 0) is 107 Å². The standard InChI is InChI=1S/C18H26N2O4.C18H24N2O4.C17H29BO4.C14H18N2O4.C7H7ClN2O2.CH4/c2*1-18(2,3)24-17(22)14-7-5-13(6-8-14)16-19-10-12(11-20-16)9-15(21)23-4;1-15(2,3)20-14(19)12-8-10-13(11-9-12)18-21-16(4,5)17(6,7)22-18;1-20-12(17)6-9-7-15-13(16-8-9)10-2-4-11(5-3-10)14(18)19;1-12-6(11)2-5-3-9-7(8)10-4-5;/h10-11,13-14H,5-9H2,1-4H3;5,10-11,14H,6-9H2,1-4H3;10,12H,8-9,11H2,1-7H3;7-8,10-11H,2-6H2,1H3,(H,18,19);3-4H,2H2,1H3;1H4. The first-order valence-corrected chi connectivity index (χ1v) is 35.0. The number of hydrogen-bond acceptors (Lipinski definition) is 25. The Hall–Kier alpha value is -8.17. The zero-order valence-electron chi connectivity index (χ0n) is 62.4. The molecule has 4 aromatic rings. The number of carboxylic acids is 1. The molecule has 1 aliphatic heterocycles. The first-order chi connectivity index (χ1) is 47.8. The average Bonchev–Trinajstić information content (AvgIpc) is 1.63. The van der Waals surface area contributed by atoms with Gasteiger partial charge in [0.25, 0.3) is 0 Å². The Labute approximate surface area is 612 Å². The lowest BCUT2D eigenvalue weighted by atomic mass is 9.70. The Morgan fingerprint density at radius 1 is 0.456 bits per heavy atom. The Morgan fingerprint density at radius 3 is 1.07 bits per heavy atom. The SMILES string of the molecule is C.CC(C)(C)OC(=O)C1CC=C(B2OC(C)(C)C(C)(C)O2)CC1.COC(=O)Cc1cnc(C2=CCC(C(=O)OC(C)(C)C)CC2)nc1.COC(=O)Cc1cnc(C2CCC(C(=O)O)CC2)nc1.COC(=O)Cc1cnc(C2CCC(C(=O)OC(C)(C)C)CC2)nc1.COC(=O)Cc1cnc(Cl)nc1. The van der Waals surface area contributed by atoms with E-state index in [0.717, 1.165) is 98.0 Å². The molecule has 5 aliphatic rings. The molecule has 103 heavy (non-hydrogen) atoms. The van der Waals surface area contributed by atoms with Crippen molar-refractivity contribution in [2.75, 3.05) is 28.4 Å². The maximum atomic E-state index is 12.1. The summed E-state index contributed by atoms with van der Waals surface area (Å²) in [6, 6.07) is 0. The summed E-state index contributed by atoms with van der Waals surface area (Å²) in [6.07, 6.45) is 28.4. The number of halogens is 1. The molecule has 1 N–H and O–H groups in total. The highest BCUT2D eigenvalue weighted by Gasteiger charge is 2.52. The molecule has 9 rings (SSSR count). The number of allylic oxidation sites excluding steroid dienone is 4. The van der Waals surface area contributed by atoms with Crippen molar-refractivity contribution in [2.45, 2.75) is 253 Å². The van der Waals surface area contributed by atoms with E-state index in [1.807, 2.05) is 68.4 Å². The van der Waals surface area contributed by atoms with Gasteiger partial charge in [0.1, 0.15) is 28.5 Å². The van der Waals surface area contributed by atoms with E-state index in [9.17, 15) is 38.4 Å². The van der Waals surface area contributed by atoms with Crippen molar-refractivity contribution in [1.29, 1.82) is 0 Å². The second-order valence-corrected chi connectivity index (χ2v) is 30.1. The molecule has 1 saturated heterocycles. The number of methoxy groups -OCH3 is 4. The van der Waals surface area contributed by atoms with Gasteiger partial charge in [0.2, 0.25) is 5.28 Å². The van der Waals surface area contributed by atoms with Crippen molar-refractivity contribution in [2.24, 2.45) is 23.7 Å². The highest BCUT2D eigenvalue weighted by Crippen LogP contribution is 2.42. The summed E-state index contributed by atoms with van der Waals surface area (Å²) < 4.78 is 46.8. The van der Waals surface area contributed by atoms with Gasteiger partial charge in [-0.15, -0.1) is 0 Å². The molecule has 4 aliphatic carbocycles. The summed E-state index contributed by atoms with van der Waals surface area (Å²) in [5, 5.41) is 9.13. The fraction of sp³-hybridized carbons (Fsp3) is 0.627. The van der Waals surface area contributed by atoms with Crippen molar-refractivity contribution >= 4 is 72.0 Å². The maximum absolute atomic E-state index is 12.1. The summed E-state index contributed by atoms with van der Waals surface area (Å²) in [6.45, 7) is 25.2. The molecule has 5 heterocycles. The van der Waals surface area contributed by atoms with Crippen LogP contribution in [0.25, 0.3) is 5.57 Å². The van der Waals surface area contributed by atoms with Gasteiger partial charge >= 0.3 is 54.9 Å². The Bertz CT molecular complexity index is 3470. The second kappa shape index (κ2) is 40.2. The lowest BCUT2D eigenvalue weighted by Gasteiger charge is -2.32. The highest BCUT2D eigenvalue weighted by molar-refractivity contribution is 6.54. The van der Waals surface area contributed by atoms with Gasteiger partial charge in [-0.1, -0.05) is 19.6 Å². The number of ether oxygens (including phenoxy) is 7. The lowest BCUT2D eigenvalue weighted by molar-refractivity contribution is -0.162. The number of nitrogens with zero attached hydrogens (tertiary/aromatic N) is 8. The zero-order valence-corrected chi connectivity index (χ0v) is 63.1. The fourth-order valence-corrected chi connectivity index (χ4v) is 11.3. The number of esters is 7. The number of carboxylic acid groups (broad SMARTS) is 1.